The van der Waals surface area contributed by atoms with Gasteiger partial charge in [0.1, 0.15) is 16.7 Å². The molecule has 0 saturated carbocycles. The largest absolute Gasteiger partial charge is 0.462 e. The van der Waals surface area contributed by atoms with E-state index < -0.39 is 17.3 Å². The van der Waals surface area contributed by atoms with E-state index in [1.165, 1.54) is 0 Å². The van der Waals surface area contributed by atoms with Gasteiger partial charge in [-0.2, -0.15) is 0 Å². The summed E-state index contributed by atoms with van der Waals surface area (Å²) in [6.07, 6.45) is 0.630. The monoisotopic (exact) mass is 436 g/mol. The number of benzene rings is 1. The number of fused-ring (bicyclic) bond motifs is 3. The van der Waals surface area contributed by atoms with Crippen LogP contribution in [-0.2, 0) is 29.3 Å². The summed E-state index contributed by atoms with van der Waals surface area (Å²) in [7, 11) is 0. The third kappa shape index (κ3) is 2.68. The van der Waals surface area contributed by atoms with Crippen LogP contribution in [-0.4, -0.2) is 24.3 Å². The molecule has 2 unspecified atom stereocenters. The number of para-hydroxylation sites is 1. The van der Waals surface area contributed by atoms with Crippen molar-refractivity contribution < 1.29 is 23.9 Å². The summed E-state index contributed by atoms with van der Waals surface area (Å²) in [6, 6.07) is 10.9. The minimum atomic E-state index is -1.68. The summed E-state index contributed by atoms with van der Waals surface area (Å²) in [4.78, 5) is 41.2. The molecule has 3 aliphatic rings. The molecule has 3 N–H and O–H groups in total. The number of hydrogen-bond acceptors (Lipinski definition) is 7. The van der Waals surface area contributed by atoms with Crippen molar-refractivity contribution in [3.63, 3.8) is 0 Å². The number of rotatable bonds is 3. The van der Waals surface area contributed by atoms with E-state index in [1.54, 1.807) is 42.5 Å². The van der Waals surface area contributed by atoms with Gasteiger partial charge in [-0.3, -0.25) is 9.59 Å². The van der Waals surface area contributed by atoms with Crippen molar-refractivity contribution in [3.05, 3.63) is 75.0 Å². The molecule has 1 spiro atoms. The highest BCUT2D eigenvalue weighted by atomic mass is 32.1. The Morgan fingerprint density at radius 1 is 1.26 bits per heavy atom. The van der Waals surface area contributed by atoms with E-state index in [0.29, 0.717) is 23.4 Å². The summed E-state index contributed by atoms with van der Waals surface area (Å²) < 4.78 is 11.1. The molecule has 31 heavy (non-hydrogen) atoms. The van der Waals surface area contributed by atoms with Gasteiger partial charge in [0, 0.05) is 34.9 Å². The van der Waals surface area contributed by atoms with E-state index in [4.69, 9.17) is 15.2 Å². The fourth-order valence-corrected chi connectivity index (χ4v) is 5.65. The molecule has 8 heteroatoms. The molecular weight excluding hydrogens is 416 g/mol. The van der Waals surface area contributed by atoms with Crippen LogP contribution >= 0.6 is 11.3 Å². The number of ether oxygens (including phenoxy) is 2. The van der Waals surface area contributed by atoms with Crippen molar-refractivity contribution >= 4 is 34.7 Å². The number of allylic oxidation sites excluding steroid dienone is 1. The van der Waals surface area contributed by atoms with Crippen molar-refractivity contribution in [2.45, 2.75) is 31.1 Å². The third-order valence-corrected chi connectivity index (χ3v) is 7.03. The number of nitrogens with two attached hydrogens (primary N) is 1. The number of nitrogens with one attached hydrogen (secondary N) is 1. The second kappa shape index (κ2) is 7.09. The number of Topliss-reactive ketones (excluding diaryl/α,β-unsaturated/α-hetero) is 1. The molecule has 1 aliphatic carbocycles. The summed E-state index contributed by atoms with van der Waals surface area (Å²) in [5, 5.41) is 4.78. The average Bonchev–Trinajstić information content (AvgIpc) is 3.36. The number of carbonyl (C=O) groups is 3. The number of anilines is 1. The smallest absolute Gasteiger partial charge is 0.341 e. The zero-order valence-electron chi connectivity index (χ0n) is 16.8. The Morgan fingerprint density at radius 3 is 2.81 bits per heavy atom. The van der Waals surface area contributed by atoms with Gasteiger partial charge in [0.05, 0.1) is 12.2 Å². The summed E-state index contributed by atoms with van der Waals surface area (Å²) in [5.41, 5.74) is 5.63. The topological polar surface area (TPSA) is 108 Å². The number of esters is 1. The number of carbonyl (C=O) groups excluding carboxylic acids is 3. The van der Waals surface area contributed by atoms with Crippen LogP contribution in [0.3, 0.4) is 0 Å². The molecule has 1 aromatic carbocycles. The molecule has 0 bridgehead atoms. The van der Waals surface area contributed by atoms with Crippen molar-refractivity contribution in [2.24, 2.45) is 5.73 Å². The van der Waals surface area contributed by atoms with Gasteiger partial charge in [-0.05, 0) is 24.4 Å². The number of thiophene rings is 1. The Morgan fingerprint density at radius 2 is 2.06 bits per heavy atom. The summed E-state index contributed by atoms with van der Waals surface area (Å²) >= 11 is 1.57. The highest BCUT2D eigenvalue weighted by molar-refractivity contribution is 7.10. The molecule has 0 radical (unpaired) electrons. The molecular formula is C23H20N2O5S. The second-order valence-corrected chi connectivity index (χ2v) is 8.63. The minimum Gasteiger partial charge on any atom is -0.462 e. The lowest BCUT2D eigenvalue weighted by Gasteiger charge is -2.39. The lowest BCUT2D eigenvalue weighted by molar-refractivity contribution is -0.141. The Hall–Kier alpha value is -3.39. The molecule has 158 valence electrons. The van der Waals surface area contributed by atoms with Crippen molar-refractivity contribution in [3.8, 4) is 0 Å². The first-order chi connectivity index (χ1) is 15.0. The minimum absolute atomic E-state index is 0.0695. The molecule has 0 saturated heterocycles. The molecule has 2 atom stereocenters. The molecule has 3 heterocycles. The van der Waals surface area contributed by atoms with Crippen molar-refractivity contribution in [1.29, 1.82) is 0 Å². The van der Waals surface area contributed by atoms with Gasteiger partial charge in [-0.15, -0.1) is 11.3 Å². The predicted octanol–water partition coefficient (Wildman–Crippen LogP) is 3.10. The molecule has 1 aromatic heterocycles. The average molecular weight is 436 g/mol. The fourth-order valence-electron chi connectivity index (χ4n) is 4.82. The summed E-state index contributed by atoms with van der Waals surface area (Å²) in [5.74, 6) is -1.44. The number of ketones is 1. The normalized spacial score (nSPS) is 24.6. The van der Waals surface area contributed by atoms with E-state index in [9.17, 15) is 14.4 Å². The number of amides is 1. The first-order valence-corrected chi connectivity index (χ1v) is 10.9. The van der Waals surface area contributed by atoms with Crippen LogP contribution in [0.25, 0.3) is 0 Å². The van der Waals surface area contributed by atoms with Gasteiger partial charge in [-0.1, -0.05) is 24.3 Å². The van der Waals surface area contributed by atoms with Gasteiger partial charge >= 0.3 is 5.97 Å². The van der Waals surface area contributed by atoms with Crippen LogP contribution in [0.4, 0.5) is 5.69 Å². The van der Waals surface area contributed by atoms with E-state index in [0.717, 1.165) is 4.88 Å². The maximum atomic E-state index is 13.6. The zero-order chi connectivity index (χ0) is 21.8. The molecule has 2 aliphatic heterocycles. The quantitative estimate of drug-likeness (QED) is 0.716. The van der Waals surface area contributed by atoms with Crippen molar-refractivity contribution in [1.82, 2.24) is 0 Å². The molecule has 7 nitrogen and oxygen atoms in total. The first-order valence-electron chi connectivity index (χ1n) is 10.0. The Labute approximate surface area is 182 Å². The van der Waals surface area contributed by atoms with E-state index >= 15 is 0 Å². The predicted molar refractivity (Wildman–Crippen MR) is 114 cm³/mol. The van der Waals surface area contributed by atoms with Gasteiger partial charge in [0.2, 0.25) is 11.8 Å². The maximum absolute atomic E-state index is 13.6. The molecule has 1 amide bonds. The van der Waals surface area contributed by atoms with Gasteiger partial charge < -0.3 is 20.5 Å². The van der Waals surface area contributed by atoms with Crippen LogP contribution in [0.15, 0.2) is 64.6 Å². The van der Waals surface area contributed by atoms with Gasteiger partial charge in [-0.25, -0.2) is 4.79 Å². The Bertz CT molecular complexity index is 1180. The van der Waals surface area contributed by atoms with Gasteiger partial charge in [0.15, 0.2) is 5.78 Å². The fraction of sp³-hybridized carbons (Fsp3) is 0.261. The summed E-state index contributed by atoms with van der Waals surface area (Å²) in [6.45, 7) is 1.75. The zero-order valence-corrected chi connectivity index (χ0v) is 17.6. The Balaban J connectivity index is 1.75. The lowest BCUT2D eigenvalue weighted by atomic mass is 9.63. The molecule has 0 fully saturated rings. The van der Waals surface area contributed by atoms with E-state index in [1.807, 2.05) is 17.5 Å². The molecule has 5 rings (SSSR count). The number of hydrogen-bond donors (Lipinski definition) is 2. The first kappa shape index (κ1) is 19.6. The lowest BCUT2D eigenvalue weighted by Crippen LogP contribution is -2.49. The van der Waals surface area contributed by atoms with Crippen LogP contribution in [0.5, 0.6) is 0 Å². The van der Waals surface area contributed by atoms with Gasteiger partial charge in [0.25, 0.3) is 0 Å². The SMILES string of the molecule is CCOC(=O)C1=C(N)OC2=C(C(=O)CC(c3cccs3)C2)C12C(=O)Nc1ccccc12. The Kier molecular flexibility index (Phi) is 4.48. The standard InChI is InChI=1S/C23H20N2O5S/c1-2-29-21(27)19-20(24)30-16-11-12(17-8-5-9-31-17)10-15(26)18(16)23(19)13-6-3-4-7-14(13)25-22(23)28/h3-9,12H,2,10-11,24H2,1H3,(H,25,28). The van der Waals surface area contributed by atoms with Crippen LogP contribution in [0.1, 0.15) is 36.1 Å². The van der Waals surface area contributed by atoms with Crippen molar-refractivity contribution in [2.75, 3.05) is 11.9 Å². The van der Waals surface area contributed by atoms with E-state index in [2.05, 4.69) is 5.32 Å². The highest BCUT2D eigenvalue weighted by Crippen LogP contribution is 2.55. The van der Waals surface area contributed by atoms with Crippen LogP contribution in [0.2, 0.25) is 0 Å². The maximum Gasteiger partial charge on any atom is 0.341 e. The third-order valence-electron chi connectivity index (χ3n) is 6.00. The highest BCUT2D eigenvalue weighted by Gasteiger charge is 2.62. The van der Waals surface area contributed by atoms with Crippen LogP contribution < -0.4 is 11.1 Å². The second-order valence-electron chi connectivity index (χ2n) is 7.65. The van der Waals surface area contributed by atoms with E-state index in [-0.39, 0.29) is 41.8 Å². The van der Waals surface area contributed by atoms with Crippen LogP contribution in [0, 0.1) is 0 Å². The molecule has 2 aromatic rings.